The van der Waals surface area contributed by atoms with E-state index in [1.54, 1.807) is 17.6 Å². The fourth-order valence-electron chi connectivity index (χ4n) is 1.26. The van der Waals surface area contributed by atoms with Crippen LogP contribution in [0.25, 0.3) is 0 Å². The molecule has 0 bridgehead atoms. The Morgan fingerprint density at radius 2 is 2.28 bits per heavy atom. The van der Waals surface area contributed by atoms with Crippen LogP contribution >= 0.6 is 38.6 Å². The lowest BCUT2D eigenvalue weighted by molar-refractivity contribution is 0.581. The van der Waals surface area contributed by atoms with Crippen LogP contribution in [0.5, 0.6) is 0 Å². The average Bonchev–Trinajstić information content (AvgIpc) is 2.95. The molecule has 3 N–H and O–H groups in total. The fraction of sp³-hybridized carbons (Fsp3) is 0.222. The summed E-state index contributed by atoms with van der Waals surface area (Å²) in [5.41, 5.74) is 5.49. The van der Waals surface area contributed by atoms with Crippen molar-refractivity contribution in [1.29, 1.82) is 0 Å². The van der Waals surface area contributed by atoms with Gasteiger partial charge < -0.3 is 5.73 Å². The lowest BCUT2D eigenvalue weighted by Gasteiger charge is -2.03. The first-order valence-corrected chi connectivity index (χ1v) is 8.86. The third-order valence-electron chi connectivity index (χ3n) is 2.09. The lowest BCUT2D eigenvalue weighted by Crippen LogP contribution is -2.23. The molecule has 2 aromatic heterocycles. The maximum atomic E-state index is 12.1. The molecule has 0 spiro atoms. The summed E-state index contributed by atoms with van der Waals surface area (Å²) in [6.45, 7) is 0.519. The molecule has 0 aliphatic rings. The predicted molar refractivity (Wildman–Crippen MR) is 76.0 cm³/mol. The van der Waals surface area contributed by atoms with E-state index in [1.807, 2.05) is 0 Å². The zero-order valence-electron chi connectivity index (χ0n) is 9.09. The first-order valence-electron chi connectivity index (χ1n) is 4.89. The van der Waals surface area contributed by atoms with Gasteiger partial charge in [-0.15, -0.1) is 22.7 Å². The summed E-state index contributed by atoms with van der Waals surface area (Å²) in [7, 11) is -3.53. The van der Waals surface area contributed by atoms with Gasteiger partial charge in [0.25, 0.3) is 0 Å². The third-order valence-corrected chi connectivity index (χ3v) is 6.55. The number of rotatable bonds is 5. The molecule has 0 aliphatic heterocycles. The molecule has 0 radical (unpaired) electrons. The smallest absolute Gasteiger partial charge is 0.242 e. The van der Waals surface area contributed by atoms with Crippen LogP contribution in [0.4, 0.5) is 0 Å². The number of aromatic nitrogens is 1. The van der Waals surface area contributed by atoms with E-state index in [2.05, 4.69) is 25.6 Å². The summed E-state index contributed by atoms with van der Waals surface area (Å²) in [5.74, 6) is 0. The van der Waals surface area contributed by atoms with Gasteiger partial charge in [-0.25, -0.2) is 18.1 Å². The highest BCUT2D eigenvalue weighted by Gasteiger charge is 2.20. The van der Waals surface area contributed by atoms with Gasteiger partial charge in [0, 0.05) is 23.0 Å². The summed E-state index contributed by atoms with van der Waals surface area (Å²) in [4.78, 5) is 5.06. The number of hydrogen-bond donors (Lipinski definition) is 2. The SMILES string of the molecule is NCc1cc(S(=O)(=O)NCc2nccs2)c(Br)s1. The van der Waals surface area contributed by atoms with Crippen molar-refractivity contribution in [3.8, 4) is 0 Å². The van der Waals surface area contributed by atoms with Crippen LogP contribution in [0.3, 0.4) is 0 Å². The minimum Gasteiger partial charge on any atom is -0.326 e. The number of halogens is 1. The lowest BCUT2D eigenvalue weighted by atomic mass is 10.5. The maximum Gasteiger partial charge on any atom is 0.242 e. The zero-order valence-corrected chi connectivity index (χ0v) is 13.1. The van der Waals surface area contributed by atoms with Crippen LogP contribution < -0.4 is 10.5 Å². The molecule has 0 atom stereocenters. The number of thiazole rings is 1. The Labute approximate surface area is 121 Å². The first kappa shape index (κ1) is 14.1. The Bertz CT molecular complexity index is 622. The molecule has 0 amide bonds. The molecule has 5 nitrogen and oxygen atoms in total. The highest BCUT2D eigenvalue weighted by atomic mass is 79.9. The van der Waals surface area contributed by atoms with E-state index in [4.69, 9.17) is 5.73 Å². The van der Waals surface area contributed by atoms with Crippen molar-refractivity contribution in [1.82, 2.24) is 9.71 Å². The quantitative estimate of drug-likeness (QED) is 0.844. The van der Waals surface area contributed by atoms with Gasteiger partial charge in [0.1, 0.15) is 9.90 Å². The van der Waals surface area contributed by atoms with Crippen molar-refractivity contribution in [2.24, 2.45) is 5.73 Å². The van der Waals surface area contributed by atoms with Crippen LogP contribution in [0.15, 0.2) is 26.3 Å². The van der Waals surface area contributed by atoms with Crippen molar-refractivity contribution in [3.63, 3.8) is 0 Å². The molecule has 9 heteroatoms. The summed E-state index contributed by atoms with van der Waals surface area (Å²) in [6.07, 6.45) is 1.64. The van der Waals surface area contributed by atoms with E-state index < -0.39 is 10.0 Å². The molecule has 0 fully saturated rings. The fourth-order valence-corrected chi connectivity index (χ4v) is 5.45. The predicted octanol–water partition coefficient (Wildman–Crippen LogP) is 1.90. The standard InChI is InChI=1S/C9H10BrN3O2S3/c10-9-7(3-6(4-11)17-9)18(14,15)13-5-8-12-1-2-16-8/h1-3,13H,4-5,11H2. The Kier molecular flexibility index (Phi) is 4.51. The zero-order chi connectivity index (χ0) is 13.2. The Balaban J connectivity index is 2.17. The Morgan fingerprint density at radius 1 is 1.50 bits per heavy atom. The molecule has 18 heavy (non-hydrogen) atoms. The van der Waals surface area contributed by atoms with Gasteiger partial charge in [-0.2, -0.15) is 0 Å². The molecule has 2 aromatic rings. The van der Waals surface area contributed by atoms with Gasteiger partial charge in [0.05, 0.1) is 10.3 Å². The van der Waals surface area contributed by atoms with Crippen molar-refractivity contribution in [2.75, 3.05) is 0 Å². The van der Waals surface area contributed by atoms with Crippen molar-refractivity contribution in [3.05, 3.63) is 31.3 Å². The second-order valence-corrected chi connectivity index (χ2v) is 8.47. The molecule has 0 saturated heterocycles. The average molecular weight is 368 g/mol. The van der Waals surface area contributed by atoms with Gasteiger partial charge >= 0.3 is 0 Å². The van der Waals surface area contributed by atoms with E-state index in [-0.39, 0.29) is 11.4 Å². The van der Waals surface area contributed by atoms with Gasteiger partial charge in [0.15, 0.2) is 0 Å². The second kappa shape index (κ2) is 5.76. The normalized spacial score (nSPS) is 11.9. The van der Waals surface area contributed by atoms with Crippen LogP contribution in [0.1, 0.15) is 9.88 Å². The van der Waals surface area contributed by atoms with E-state index in [1.165, 1.54) is 22.7 Å². The number of sulfonamides is 1. The topological polar surface area (TPSA) is 85.1 Å². The van der Waals surface area contributed by atoms with Crippen LogP contribution in [0.2, 0.25) is 0 Å². The summed E-state index contributed by atoms with van der Waals surface area (Å²) in [6, 6.07) is 1.58. The van der Waals surface area contributed by atoms with E-state index >= 15 is 0 Å². The van der Waals surface area contributed by atoms with E-state index in [9.17, 15) is 8.42 Å². The summed E-state index contributed by atoms with van der Waals surface area (Å²) < 4.78 is 27.2. The second-order valence-electron chi connectivity index (χ2n) is 3.31. The van der Waals surface area contributed by atoms with Crippen LogP contribution in [-0.4, -0.2) is 13.4 Å². The molecule has 0 aliphatic carbocycles. The van der Waals surface area contributed by atoms with Crippen molar-refractivity contribution in [2.45, 2.75) is 18.0 Å². The monoisotopic (exact) mass is 367 g/mol. The number of thiophene rings is 1. The number of nitrogens with zero attached hydrogens (tertiary/aromatic N) is 1. The van der Waals surface area contributed by atoms with Crippen molar-refractivity contribution < 1.29 is 8.42 Å². The molecular weight excluding hydrogens is 358 g/mol. The van der Waals surface area contributed by atoms with E-state index in [0.29, 0.717) is 10.3 Å². The first-order chi connectivity index (χ1) is 8.53. The summed E-state index contributed by atoms with van der Waals surface area (Å²) >= 11 is 5.97. The molecule has 2 rings (SSSR count). The maximum absolute atomic E-state index is 12.1. The van der Waals surface area contributed by atoms with Gasteiger partial charge in [-0.1, -0.05) is 0 Å². The van der Waals surface area contributed by atoms with Gasteiger partial charge in [0.2, 0.25) is 10.0 Å². The molecule has 98 valence electrons. The van der Waals surface area contributed by atoms with Gasteiger partial charge in [-0.05, 0) is 22.0 Å². The summed E-state index contributed by atoms with van der Waals surface area (Å²) in [5, 5.41) is 2.53. The largest absolute Gasteiger partial charge is 0.326 e. The van der Waals surface area contributed by atoms with Crippen LogP contribution in [-0.2, 0) is 23.1 Å². The van der Waals surface area contributed by atoms with Crippen molar-refractivity contribution >= 4 is 48.6 Å². The highest BCUT2D eigenvalue weighted by Crippen LogP contribution is 2.31. The number of nitrogens with two attached hydrogens (primary N) is 1. The minimum absolute atomic E-state index is 0.195. The molecule has 2 heterocycles. The number of hydrogen-bond acceptors (Lipinski definition) is 6. The Hall–Kier alpha value is -0.320. The molecule has 0 saturated carbocycles. The molecule has 0 aromatic carbocycles. The third kappa shape index (κ3) is 3.16. The molecular formula is C9H10BrN3O2S3. The number of nitrogens with one attached hydrogen (secondary N) is 1. The van der Waals surface area contributed by atoms with Gasteiger partial charge in [-0.3, -0.25) is 0 Å². The highest BCUT2D eigenvalue weighted by molar-refractivity contribution is 9.11. The van der Waals surface area contributed by atoms with Crippen LogP contribution in [0, 0.1) is 0 Å². The Morgan fingerprint density at radius 3 is 2.83 bits per heavy atom. The molecule has 0 unspecified atom stereocenters. The minimum atomic E-state index is -3.53. The van der Waals surface area contributed by atoms with E-state index in [0.717, 1.165) is 9.88 Å².